The molecule has 3 aliphatic rings. The van der Waals surface area contributed by atoms with Crippen LogP contribution < -0.4 is 48.7 Å². The van der Waals surface area contributed by atoms with E-state index in [0.29, 0.717) is 64.2 Å². The zero-order valence-electron chi connectivity index (χ0n) is 60.9. The van der Waals surface area contributed by atoms with Crippen LogP contribution in [0.1, 0.15) is 90.9 Å². The zero-order chi connectivity index (χ0) is 77.2. The lowest BCUT2D eigenvalue weighted by molar-refractivity contribution is -0.145. The van der Waals surface area contributed by atoms with Gasteiger partial charge >= 0.3 is 0 Å². The quantitative estimate of drug-likeness (QED) is 0.0199. The van der Waals surface area contributed by atoms with Crippen LogP contribution in [0, 0.1) is 17.8 Å². The van der Waals surface area contributed by atoms with E-state index in [9.17, 15) is 84.3 Å². The fourth-order valence-electron chi connectivity index (χ4n) is 11.9. The second-order valence-electron chi connectivity index (χ2n) is 26.0. The molecule has 38 nitrogen and oxygen atoms in total. The Balaban J connectivity index is 1.46. The molecule has 0 spiro atoms. The minimum absolute atomic E-state index is 0.0247. The number of aliphatic hydroxyl groups excluding tert-OH is 9. The lowest BCUT2D eigenvalue weighted by atomic mass is 9.79. The highest BCUT2D eigenvalue weighted by atomic mass is 16.6. The molecule has 7 amide bonds. The highest BCUT2D eigenvalue weighted by Gasteiger charge is 2.46. The summed E-state index contributed by atoms with van der Waals surface area (Å²) < 4.78 is 67.0. The van der Waals surface area contributed by atoms with Crippen molar-refractivity contribution in [2.75, 3.05) is 178 Å². The summed E-state index contributed by atoms with van der Waals surface area (Å²) in [7, 11) is 0. The van der Waals surface area contributed by atoms with Gasteiger partial charge in [0.1, 0.15) is 50.4 Å². The Bertz CT molecular complexity index is 2390. The van der Waals surface area contributed by atoms with Crippen LogP contribution in [0.25, 0.3) is 0 Å². The number of carbonyl (C=O) groups is 8. The Morgan fingerprint density at radius 3 is 1.12 bits per heavy atom. The van der Waals surface area contributed by atoms with Crippen LogP contribution >= 0.6 is 0 Å². The van der Waals surface area contributed by atoms with Crippen LogP contribution in [-0.2, 0) is 95.2 Å². The molecule has 3 fully saturated rings. The molecule has 20 N–H and O–H groups in total. The van der Waals surface area contributed by atoms with Crippen molar-refractivity contribution in [2.45, 2.75) is 182 Å². The number of unbranched alkanes of at least 4 members (excludes halogenated alkanes) is 3. The molecule has 0 aromatic heterocycles. The number of aldehydes is 1. The molecule has 0 aromatic rings. The van der Waals surface area contributed by atoms with Gasteiger partial charge < -0.3 is 156 Å². The normalized spacial score (nSPS) is 25.5. The molecule has 0 aliphatic heterocycles. The third-order valence-corrected chi connectivity index (χ3v) is 17.7. The molecule has 0 bridgehead atoms. The first-order valence-electron chi connectivity index (χ1n) is 36.4. The molecule has 0 saturated heterocycles. The summed E-state index contributed by atoms with van der Waals surface area (Å²) in [5.74, 6) is -5.52. The van der Waals surface area contributed by atoms with Crippen LogP contribution in [0.4, 0.5) is 0 Å². The van der Waals surface area contributed by atoms with Crippen molar-refractivity contribution in [3.05, 3.63) is 0 Å². The van der Waals surface area contributed by atoms with Gasteiger partial charge in [-0.05, 0) is 83.6 Å². The fraction of sp³-hybridized carbons (Fsp3) is 0.881. The first-order valence-corrected chi connectivity index (χ1v) is 36.4. The minimum Gasteiger partial charge on any atom is -0.396 e. The minimum atomic E-state index is -1.35. The maximum atomic E-state index is 14.2. The van der Waals surface area contributed by atoms with Crippen molar-refractivity contribution in [3.8, 4) is 0 Å². The molecular formula is C67H123N9O29. The summed E-state index contributed by atoms with van der Waals surface area (Å²) in [5, 5.41) is 110. The highest BCUT2D eigenvalue weighted by molar-refractivity contribution is 5.93. The number of carbonyl (C=O) groups excluding carboxylic acids is 8. The molecule has 3 aliphatic carbocycles. The second-order valence-corrected chi connectivity index (χ2v) is 26.0. The van der Waals surface area contributed by atoms with Gasteiger partial charge in [-0.3, -0.25) is 33.6 Å². The van der Waals surface area contributed by atoms with Crippen molar-refractivity contribution in [1.82, 2.24) is 37.2 Å². The van der Waals surface area contributed by atoms with Gasteiger partial charge in [0, 0.05) is 64.5 Å². The van der Waals surface area contributed by atoms with Crippen LogP contribution in [-0.4, -0.2) is 363 Å². The molecule has 3 rings (SSSR count). The predicted molar refractivity (Wildman–Crippen MR) is 370 cm³/mol. The molecule has 0 aromatic carbocycles. The summed E-state index contributed by atoms with van der Waals surface area (Å²) in [6.45, 7) is 3.79. The maximum Gasteiger partial charge on any atom is 0.246 e. The van der Waals surface area contributed by atoms with Crippen molar-refractivity contribution in [3.63, 3.8) is 0 Å². The molecule has 3 saturated carbocycles. The third-order valence-electron chi connectivity index (χ3n) is 17.7. The van der Waals surface area contributed by atoms with Gasteiger partial charge in [0.2, 0.25) is 41.4 Å². The number of hydrogen-bond acceptors (Lipinski definition) is 31. The number of amides is 7. The summed E-state index contributed by atoms with van der Waals surface area (Å²) in [6, 6.07) is -5.85. The molecule has 0 heterocycles. The Labute approximate surface area is 613 Å². The maximum absolute atomic E-state index is 14.2. The molecule has 18 atom stereocenters. The zero-order valence-corrected chi connectivity index (χ0v) is 60.9. The molecule has 38 heteroatoms. The molecule has 610 valence electrons. The van der Waals surface area contributed by atoms with E-state index in [1.54, 1.807) is 0 Å². The molecule has 0 radical (unpaired) electrons. The van der Waals surface area contributed by atoms with Gasteiger partial charge in [-0.15, -0.1) is 0 Å². The average molecular weight is 1520 g/mol. The van der Waals surface area contributed by atoms with Crippen LogP contribution in [0.3, 0.4) is 0 Å². The summed E-state index contributed by atoms with van der Waals surface area (Å²) in [5.41, 5.74) is 11.6. The summed E-state index contributed by atoms with van der Waals surface area (Å²) >= 11 is 0. The molecule has 105 heavy (non-hydrogen) atoms. The van der Waals surface area contributed by atoms with E-state index in [4.69, 9.17) is 68.3 Å². The monoisotopic (exact) mass is 1520 g/mol. The van der Waals surface area contributed by atoms with E-state index in [1.165, 1.54) is 13.8 Å². The second kappa shape index (κ2) is 57.2. The van der Waals surface area contributed by atoms with Gasteiger partial charge in [0.15, 0.2) is 0 Å². The first-order chi connectivity index (χ1) is 50.6. The van der Waals surface area contributed by atoms with Crippen molar-refractivity contribution < 1.29 is 141 Å². The number of rotatable bonds is 61. The van der Waals surface area contributed by atoms with Crippen LogP contribution in [0.5, 0.6) is 0 Å². The van der Waals surface area contributed by atoms with Gasteiger partial charge in [-0.25, -0.2) is 0 Å². The van der Waals surface area contributed by atoms with Gasteiger partial charge in [-0.1, -0.05) is 0 Å². The van der Waals surface area contributed by atoms with Gasteiger partial charge in [0.25, 0.3) is 0 Å². The Kier molecular flexibility index (Phi) is 51.3. The van der Waals surface area contributed by atoms with Crippen molar-refractivity contribution in [2.24, 2.45) is 29.2 Å². The number of nitrogens with two attached hydrogens (primary N) is 2. The van der Waals surface area contributed by atoms with Gasteiger partial charge in [-0.2, -0.15) is 0 Å². The van der Waals surface area contributed by atoms with Crippen LogP contribution in [0.2, 0.25) is 0 Å². The van der Waals surface area contributed by atoms with Crippen molar-refractivity contribution >= 4 is 47.6 Å². The highest BCUT2D eigenvalue weighted by Crippen LogP contribution is 2.30. The fourth-order valence-corrected chi connectivity index (χ4v) is 11.9. The third kappa shape index (κ3) is 39.3. The van der Waals surface area contributed by atoms with E-state index >= 15 is 0 Å². The van der Waals surface area contributed by atoms with Crippen molar-refractivity contribution in [1.29, 1.82) is 0 Å². The number of hydrogen-bond donors (Lipinski definition) is 18. The summed E-state index contributed by atoms with van der Waals surface area (Å²) in [4.78, 5) is 102. The smallest absolute Gasteiger partial charge is 0.246 e. The van der Waals surface area contributed by atoms with E-state index < -0.39 is 157 Å². The van der Waals surface area contributed by atoms with E-state index in [1.807, 2.05) is 0 Å². The average Bonchev–Trinajstić information content (AvgIpc) is 0.822. The number of ether oxygens (including phenoxy) is 12. The topological polar surface area (TPSA) is 566 Å². The lowest BCUT2D eigenvalue weighted by Crippen LogP contribution is -2.61. The Hall–Kier alpha value is -4.96. The Morgan fingerprint density at radius 1 is 0.410 bits per heavy atom. The number of aliphatic hydroxyl groups is 9. The lowest BCUT2D eigenvalue weighted by Gasteiger charge is -2.42. The van der Waals surface area contributed by atoms with Crippen LogP contribution in [0.15, 0.2) is 0 Å². The van der Waals surface area contributed by atoms with E-state index in [0.717, 1.165) is 0 Å². The van der Waals surface area contributed by atoms with E-state index in [2.05, 4.69) is 37.2 Å². The largest absolute Gasteiger partial charge is 0.396 e. The molecular weight excluding hydrogens is 1390 g/mol. The molecule has 4 unspecified atom stereocenters. The SMILES string of the molecule is CC(=O)N[C@@H]1[C@@H](O)[C@@H](O)C(CO)C[C@H]1OCCOCCOCCOCC(=O)NC(CCCCNC(=O)COCCOCCOCCO[C@@H]1C[C@H](CO)[C@H](O)[C@H](O)[C@H]1N)C(=O)NC(CCCCNC(=O)COCCOCCOCCO[C@@H]1C[C@H](CO)[C@H](O)[C@H](O)[C@H]1NC(C)=O)C(=O)NC(C=O)CCCCN. The van der Waals surface area contributed by atoms with E-state index in [-0.39, 0.29) is 191 Å². The Morgan fingerprint density at radius 2 is 0.743 bits per heavy atom. The first kappa shape index (κ1) is 94.2. The number of nitrogens with one attached hydrogen (secondary N) is 7. The standard InChI is InChI=1S/C67H123N9O29/c1-43(81)72-58-52(34-46(37-78)61(87)64(58)90)104-31-28-98-19-16-95-22-25-101-41-55(84)71-14-8-5-11-50(66(92)74-48(39-80)9-3-6-12-68)76-67(93)49(75-56(85)42-102-26-23-96-17-20-99-29-32-105-53-35-47(38-79)62(88)65(91)59(53)73-44(2)82)10-4-7-13-70-54(83)40-100-24-21-94-15-18-97-27-30-103-51-33-45(36-77)60(86)63(89)57(51)69/h39,45-53,57-65,77-79,86-91H,3-38,40-42,68-69H2,1-2H3,(H,70,83)(H,71,84)(H,72,81)(H,73,82)(H,74,92)(H,75,85)(H,76,93)/t45-,46-,47?,48?,49?,50?,51-,52-,53-,57+,58+,59+,60+,61+,62+,63-,64-,65-/m1/s1. The van der Waals surface area contributed by atoms with Gasteiger partial charge in [0.05, 0.1) is 186 Å². The predicted octanol–water partition coefficient (Wildman–Crippen LogP) is -7.81. The summed E-state index contributed by atoms with van der Waals surface area (Å²) in [6.07, 6.45) is -5.20.